The van der Waals surface area contributed by atoms with Crippen LogP contribution in [0.5, 0.6) is 0 Å². The van der Waals surface area contributed by atoms with Gasteiger partial charge in [-0.15, -0.1) is 11.3 Å². The van der Waals surface area contributed by atoms with Gasteiger partial charge in [0.1, 0.15) is 5.60 Å². The van der Waals surface area contributed by atoms with Gasteiger partial charge in [0, 0.05) is 11.4 Å². The Hall–Kier alpha value is -1.11. The number of thiophene rings is 1. The maximum atomic E-state index is 12.3. The molecule has 2 heterocycles. The van der Waals surface area contributed by atoms with Crippen molar-refractivity contribution in [1.82, 2.24) is 4.90 Å². The molecular weight excluding hydrogens is 276 g/mol. The van der Waals surface area contributed by atoms with Crippen LogP contribution in [0, 0.1) is 0 Å². The number of morpholine rings is 1. The Morgan fingerprint density at radius 3 is 2.95 bits per heavy atom. The first-order chi connectivity index (χ1) is 9.38. The van der Waals surface area contributed by atoms with Gasteiger partial charge in [0.25, 0.3) is 0 Å². The van der Waals surface area contributed by atoms with Crippen molar-refractivity contribution in [2.45, 2.75) is 38.5 Å². The average molecular weight is 298 g/mol. The standard InChI is InChI=1S/C14H22N2O3S/c1-14(2,3)19-13(17)16-6-7-18-9-10(16)12(15)11-5-4-8-20-11/h4-5,8,10,12H,6-7,9,15H2,1-3H3. The number of nitrogens with zero attached hydrogens (tertiary/aromatic N) is 1. The molecule has 2 N–H and O–H groups in total. The van der Waals surface area contributed by atoms with Crippen LogP contribution in [0.1, 0.15) is 31.7 Å². The molecule has 0 radical (unpaired) electrons. The largest absolute Gasteiger partial charge is 0.444 e. The number of rotatable bonds is 2. The van der Waals surface area contributed by atoms with Gasteiger partial charge in [0.2, 0.25) is 0 Å². The fraction of sp³-hybridized carbons (Fsp3) is 0.643. The van der Waals surface area contributed by atoms with Crippen LogP contribution in [-0.2, 0) is 9.47 Å². The summed E-state index contributed by atoms with van der Waals surface area (Å²) in [5.41, 5.74) is 5.78. The van der Waals surface area contributed by atoms with E-state index in [1.165, 1.54) is 0 Å². The van der Waals surface area contributed by atoms with Gasteiger partial charge in [-0.3, -0.25) is 4.90 Å². The highest BCUT2D eigenvalue weighted by Crippen LogP contribution is 2.26. The molecule has 0 aromatic carbocycles. The molecule has 0 bridgehead atoms. The van der Waals surface area contributed by atoms with E-state index < -0.39 is 5.60 Å². The van der Waals surface area contributed by atoms with E-state index in [4.69, 9.17) is 15.2 Å². The maximum absolute atomic E-state index is 12.3. The van der Waals surface area contributed by atoms with Crippen LogP contribution in [0.25, 0.3) is 0 Å². The zero-order valence-electron chi connectivity index (χ0n) is 12.2. The second-order valence-corrected chi connectivity index (χ2v) is 6.84. The molecule has 0 aliphatic carbocycles. The molecule has 1 saturated heterocycles. The Morgan fingerprint density at radius 2 is 2.35 bits per heavy atom. The number of hydrogen-bond acceptors (Lipinski definition) is 5. The molecule has 1 aromatic heterocycles. The van der Waals surface area contributed by atoms with Gasteiger partial charge in [-0.25, -0.2) is 4.79 Å². The SMILES string of the molecule is CC(C)(C)OC(=O)N1CCOCC1C(N)c1cccs1. The van der Waals surface area contributed by atoms with Crippen molar-refractivity contribution >= 4 is 17.4 Å². The van der Waals surface area contributed by atoms with E-state index in [0.717, 1.165) is 4.88 Å². The normalized spacial score (nSPS) is 21.6. The van der Waals surface area contributed by atoms with Crippen LogP contribution in [-0.4, -0.2) is 42.4 Å². The Kier molecular flexibility index (Phi) is 4.67. The van der Waals surface area contributed by atoms with Crippen LogP contribution in [0.15, 0.2) is 17.5 Å². The lowest BCUT2D eigenvalue weighted by molar-refractivity contribution is -0.0379. The summed E-state index contributed by atoms with van der Waals surface area (Å²) >= 11 is 1.59. The van der Waals surface area contributed by atoms with Crippen LogP contribution in [0.2, 0.25) is 0 Å². The highest BCUT2D eigenvalue weighted by molar-refractivity contribution is 7.10. The van der Waals surface area contributed by atoms with Crippen LogP contribution in [0.4, 0.5) is 4.79 Å². The lowest BCUT2D eigenvalue weighted by Gasteiger charge is -2.39. The number of nitrogens with two attached hydrogens (primary N) is 1. The molecule has 1 amide bonds. The lowest BCUT2D eigenvalue weighted by Crippen LogP contribution is -2.54. The molecule has 0 saturated carbocycles. The summed E-state index contributed by atoms with van der Waals surface area (Å²) in [5, 5.41) is 1.98. The van der Waals surface area contributed by atoms with Gasteiger partial charge >= 0.3 is 6.09 Å². The van der Waals surface area contributed by atoms with Crippen molar-refractivity contribution in [1.29, 1.82) is 0 Å². The van der Waals surface area contributed by atoms with E-state index in [1.54, 1.807) is 16.2 Å². The van der Waals surface area contributed by atoms with Gasteiger partial charge in [-0.05, 0) is 32.2 Å². The topological polar surface area (TPSA) is 64.8 Å². The number of carbonyl (C=O) groups excluding carboxylic acids is 1. The molecule has 20 heavy (non-hydrogen) atoms. The lowest BCUT2D eigenvalue weighted by atomic mass is 10.1. The third-order valence-electron chi connectivity index (χ3n) is 3.08. The Bertz CT molecular complexity index is 442. The zero-order valence-corrected chi connectivity index (χ0v) is 13.0. The van der Waals surface area contributed by atoms with Crippen molar-refractivity contribution < 1.29 is 14.3 Å². The highest BCUT2D eigenvalue weighted by Gasteiger charge is 2.35. The summed E-state index contributed by atoms with van der Waals surface area (Å²) in [6.45, 7) is 7.06. The van der Waals surface area contributed by atoms with Crippen LogP contribution >= 0.6 is 11.3 Å². The predicted octanol–water partition coefficient (Wildman–Crippen LogP) is 2.38. The van der Waals surface area contributed by atoms with Crippen molar-refractivity contribution in [2.75, 3.05) is 19.8 Å². The molecule has 5 nitrogen and oxygen atoms in total. The fourth-order valence-electron chi connectivity index (χ4n) is 2.14. The summed E-state index contributed by atoms with van der Waals surface area (Å²) in [6, 6.07) is 3.51. The number of hydrogen-bond donors (Lipinski definition) is 1. The monoisotopic (exact) mass is 298 g/mol. The first-order valence-corrected chi connectivity index (χ1v) is 7.63. The molecule has 1 fully saturated rings. The van der Waals surface area contributed by atoms with Crippen molar-refractivity contribution in [3.05, 3.63) is 22.4 Å². The quantitative estimate of drug-likeness (QED) is 0.910. The minimum absolute atomic E-state index is 0.183. The Balaban J connectivity index is 2.11. The maximum Gasteiger partial charge on any atom is 0.410 e. The predicted molar refractivity (Wildman–Crippen MR) is 78.8 cm³/mol. The molecule has 1 aliphatic rings. The minimum Gasteiger partial charge on any atom is -0.444 e. The Labute approximate surface area is 123 Å². The van der Waals surface area contributed by atoms with Gasteiger partial charge in [-0.1, -0.05) is 6.07 Å². The summed E-state index contributed by atoms with van der Waals surface area (Å²) in [5.74, 6) is 0. The Morgan fingerprint density at radius 1 is 1.60 bits per heavy atom. The second kappa shape index (κ2) is 6.11. The van der Waals surface area contributed by atoms with Gasteiger partial charge < -0.3 is 15.2 Å². The molecule has 2 rings (SSSR count). The van der Waals surface area contributed by atoms with Gasteiger partial charge in [0.05, 0.1) is 25.3 Å². The van der Waals surface area contributed by atoms with Crippen molar-refractivity contribution in [2.24, 2.45) is 5.73 Å². The van der Waals surface area contributed by atoms with E-state index in [9.17, 15) is 4.79 Å². The van der Waals surface area contributed by atoms with Crippen molar-refractivity contribution in [3.8, 4) is 0 Å². The minimum atomic E-state index is -0.507. The van der Waals surface area contributed by atoms with Gasteiger partial charge in [-0.2, -0.15) is 0 Å². The smallest absolute Gasteiger partial charge is 0.410 e. The molecule has 112 valence electrons. The number of carbonyl (C=O) groups is 1. The average Bonchev–Trinajstić information content (AvgIpc) is 2.89. The summed E-state index contributed by atoms with van der Waals surface area (Å²) < 4.78 is 10.9. The van der Waals surface area contributed by atoms with Gasteiger partial charge in [0.15, 0.2) is 0 Å². The second-order valence-electron chi connectivity index (χ2n) is 5.86. The third-order valence-corrected chi connectivity index (χ3v) is 4.05. The fourth-order valence-corrected chi connectivity index (χ4v) is 2.92. The van der Waals surface area contributed by atoms with E-state index in [1.807, 2.05) is 38.3 Å². The molecule has 6 heteroatoms. The summed E-state index contributed by atoms with van der Waals surface area (Å²) in [6.07, 6.45) is -0.321. The van der Waals surface area contributed by atoms with E-state index in [0.29, 0.717) is 19.8 Å². The number of amides is 1. The zero-order chi connectivity index (χ0) is 14.8. The van der Waals surface area contributed by atoms with E-state index >= 15 is 0 Å². The molecule has 2 unspecified atom stereocenters. The highest BCUT2D eigenvalue weighted by atomic mass is 32.1. The summed E-state index contributed by atoms with van der Waals surface area (Å²) in [4.78, 5) is 15.0. The van der Waals surface area contributed by atoms with E-state index in [2.05, 4.69) is 0 Å². The number of ether oxygens (including phenoxy) is 2. The van der Waals surface area contributed by atoms with Crippen LogP contribution in [0.3, 0.4) is 0 Å². The summed E-state index contributed by atoms with van der Waals surface area (Å²) in [7, 11) is 0. The molecule has 0 spiro atoms. The molecule has 1 aromatic rings. The molecule has 2 atom stereocenters. The third kappa shape index (κ3) is 3.71. The molecular formula is C14H22N2O3S. The molecule has 1 aliphatic heterocycles. The first kappa shape index (κ1) is 15.3. The van der Waals surface area contributed by atoms with Crippen LogP contribution < -0.4 is 5.73 Å². The van der Waals surface area contributed by atoms with E-state index in [-0.39, 0.29) is 18.2 Å². The first-order valence-electron chi connectivity index (χ1n) is 6.75. The van der Waals surface area contributed by atoms with Crippen molar-refractivity contribution in [3.63, 3.8) is 0 Å².